The van der Waals surface area contributed by atoms with Crippen LogP contribution in [0.25, 0.3) is 0 Å². The van der Waals surface area contributed by atoms with E-state index in [-0.39, 0.29) is 12.5 Å². The lowest BCUT2D eigenvalue weighted by molar-refractivity contribution is -0.138. The molecule has 0 aromatic carbocycles. The van der Waals surface area contributed by atoms with Crippen molar-refractivity contribution < 1.29 is 9.90 Å². The minimum Gasteiger partial charge on any atom is -0.481 e. The molecule has 1 saturated heterocycles. The van der Waals surface area contributed by atoms with Crippen LogP contribution in [0, 0.1) is 0 Å². The smallest absolute Gasteiger partial charge is 0.304 e. The van der Waals surface area contributed by atoms with Gasteiger partial charge in [-0.25, -0.2) is 5.32 Å². The van der Waals surface area contributed by atoms with Crippen molar-refractivity contribution in [3.05, 3.63) is 0 Å². The van der Waals surface area contributed by atoms with E-state index in [1.807, 2.05) is 7.05 Å². The van der Waals surface area contributed by atoms with Gasteiger partial charge in [0.05, 0.1) is 6.42 Å². The molecule has 69 valence electrons. The zero-order valence-electron chi connectivity index (χ0n) is 7.36. The Labute approximate surface area is 72.6 Å². The van der Waals surface area contributed by atoms with Crippen LogP contribution in [0.3, 0.4) is 0 Å². The molecule has 0 amide bonds. The van der Waals surface area contributed by atoms with Crippen molar-refractivity contribution in [3.8, 4) is 0 Å². The van der Waals surface area contributed by atoms with Crippen molar-refractivity contribution in [1.29, 1.82) is 0 Å². The number of rotatable bonds is 2. The van der Waals surface area contributed by atoms with Gasteiger partial charge in [-0.1, -0.05) is 0 Å². The molecule has 0 bridgehead atoms. The summed E-state index contributed by atoms with van der Waals surface area (Å²) in [5, 5.41) is 12.9. The molecule has 4 heteroatoms. The Bertz CT molecular complexity index is 161. The van der Waals surface area contributed by atoms with Gasteiger partial charge in [0, 0.05) is 19.1 Å². The van der Waals surface area contributed by atoms with Gasteiger partial charge >= 0.3 is 5.97 Å². The van der Waals surface area contributed by atoms with Gasteiger partial charge in [0.15, 0.2) is 0 Å². The fourth-order valence-electron chi connectivity index (χ4n) is 1.42. The number of carboxylic acid groups (broad SMARTS) is 1. The summed E-state index contributed by atoms with van der Waals surface area (Å²) >= 11 is 0. The molecule has 1 radical (unpaired) electrons. The Morgan fingerprint density at radius 3 is 3.17 bits per heavy atom. The minimum atomic E-state index is -0.732. The largest absolute Gasteiger partial charge is 0.481 e. The van der Waals surface area contributed by atoms with E-state index in [1.54, 1.807) is 0 Å². The Morgan fingerprint density at radius 1 is 1.75 bits per heavy atom. The number of carboxylic acids is 1. The molecule has 0 aliphatic carbocycles. The maximum Gasteiger partial charge on any atom is 0.304 e. The third-order valence-corrected chi connectivity index (χ3v) is 2.20. The summed E-state index contributed by atoms with van der Waals surface area (Å²) in [6.45, 7) is 2.50. The zero-order chi connectivity index (χ0) is 8.97. The number of nitrogens with zero attached hydrogens (tertiary/aromatic N) is 2. The lowest BCUT2D eigenvalue weighted by atomic mass is 10.2. The van der Waals surface area contributed by atoms with Gasteiger partial charge in [-0.15, -0.1) is 0 Å². The average molecular weight is 171 g/mol. The molecule has 4 nitrogen and oxygen atoms in total. The van der Waals surface area contributed by atoms with Crippen LogP contribution in [-0.4, -0.2) is 48.7 Å². The third-order valence-electron chi connectivity index (χ3n) is 2.20. The molecule has 1 atom stereocenters. The summed E-state index contributed by atoms with van der Waals surface area (Å²) in [5.41, 5.74) is 0. The van der Waals surface area contributed by atoms with Crippen molar-refractivity contribution in [2.24, 2.45) is 0 Å². The second kappa shape index (κ2) is 4.42. The van der Waals surface area contributed by atoms with Crippen molar-refractivity contribution >= 4 is 5.97 Å². The number of hydrogen-bond donors (Lipinski definition) is 1. The van der Waals surface area contributed by atoms with Gasteiger partial charge in [0.2, 0.25) is 0 Å². The zero-order valence-corrected chi connectivity index (χ0v) is 7.36. The predicted molar refractivity (Wildman–Crippen MR) is 45.2 cm³/mol. The van der Waals surface area contributed by atoms with Crippen LogP contribution >= 0.6 is 0 Å². The minimum absolute atomic E-state index is 0.102. The Kier molecular flexibility index (Phi) is 3.49. The van der Waals surface area contributed by atoms with Crippen LogP contribution in [0.2, 0.25) is 0 Å². The monoisotopic (exact) mass is 171 g/mol. The summed E-state index contributed by atoms with van der Waals surface area (Å²) in [7, 11) is 1.97. The highest BCUT2D eigenvalue weighted by Crippen LogP contribution is 2.05. The lowest BCUT2D eigenvalue weighted by Crippen LogP contribution is -2.37. The predicted octanol–water partition coefficient (Wildman–Crippen LogP) is -0.230. The molecular weight excluding hydrogens is 156 g/mol. The fourth-order valence-corrected chi connectivity index (χ4v) is 1.42. The Balaban J connectivity index is 2.41. The molecule has 1 aliphatic rings. The van der Waals surface area contributed by atoms with Crippen LogP contribution in [-0.2, 0) is 4.79 Å². The molecule has 0 aromatic rings. The van der Waals surface area contributed by atoms with E-state index in [2.05, 4.69) is 10.2 Å². The molecule has 12 heavy (non-hydrogen) atoms. The van der Waals surface area contributed by atoms with Gasteiger partial charge in [-0.05, 0) is 20.0 Å². The van der Waals surface area contributed by atoms with Crippen LogP contribution in [0.1, 0.15) is 12.8 Å². The van der Waals surface area contributed by atoms with Gasteiger partial charge < -0.3 is 10.0 Å². The SMILES string of the molecule is CN1CCC[N]CC1CC(=O)O. The molecule has 1 aliphatic heterocycles. The van der Waals surface area contributed by atoms with E-state index in [1.165, 1.54) is 0 Å². The van der Waals surface area contributed by atoms with E-state index in [9.17, 15) is 4.79 Å². The first-order chi connectivity index (χ1) is 5.70. The van der Waals surface area contributed by atoms with Crippen molar-refractivity contribution in [1.82, 2.24) is 10.2 Å². The summed E-state index contributed by atoms with van der Waals surface area (Å²) < 4.78 is 0. The molecule has 1 heterocycles. The van der Waals surface area contributed by atoms with Crippen molar-refractivity contribution in [3.63, 3.8) is 0 Å². The second-order valence-corrected chi connectivity index (χ2v) is 3.22. The van der Waals surface area contributed by atoms with Crippen LogP contribution in [0.4, 0.5) is 0 Å². The first-order valence-corrected chi connectivity index (χ1v) is 4.25. The molecule has 1 N–H and O–H groups in total. The standard InChI is InChI=1S/C8H15N2O2/c1-10-4-2-3-9-6-7(10)5-8(11)12/h7H,2-6H2,1H3,(H,11,12). The topological polar surface area (TPSA) is 54.6 Å². The average Bonchev–Trinajstić information content (AvgIpc) is 2.16. The highest BCUT2D eigenvalue weighted by atomic mass is 16.4. The normalized spacial score (nSPS) is 26.6. The number of aliphatic carboxylic acids is 1. The molecule has 0 saturated carbocycles. The molecule has 1 fully saturated rings. The third kappa shape index (κ3) is 2.79. The van der Waals surface area contributed by atoms with Crippen LogP contribution in [0.15, 0.2) is 0 Å². The van der Waals surface area contributed by atoms with Crippen molar-refractivity contribution in [2.45, 2.75) is 18.9 Å². The molecule has 1 rings (SSSR count). The number of carbonyl (C=O) groups is 1. The molecule has 0 spiro atoms. The number of hydrogen-bond acceptors (Lipinski definition) is 2. The quantitative estimate of drug-likeness (QED) is 0.624. The summed E-state index contributed by atoms with van der Waals surface area (Å²) in [6, 6.07) is 0.102. The number of likely N-dealkylation sites (N-methyl/N-ethyl adjacent to an activating group) is 1. The maximum absolute atomic E-state index is 10.5. The van der Waals surface area contributed by atoms with Gasteiger partial charge in [-0.2, -0.15) is 0 Å². The Morgan fingerprint density at radius 2 is 2.50 bits per heavy atom. The van der Waals surface area contributed by atoms with E-state index < -0.39 is 5.97 Å². The second-order valence-electron chi connectivity index (χ2n) is 3.22. The highest BCUT2D eigenvalue weighted by Gasteiger charge is 2.20. The Hall–Kier alpha value is -0.610. The summed E-state index contributed by atoms with van der Waals surface area (Å²) in [6.07, 6.45) is 1.26. The van der Waals surface area contributed by atoms with Gasteiger partial charge in [-0.3, -0.25) is 4.79 Å². The molecule has 1 unspecified atom stereocenters. The first kappa shape index (κ1) is 9.48. The van der Waals surface area contributed by atoms with Crippen LogP contribution in [0.5, 0.6) is 0 Å². The lowest BCUT2D eigenvalue weighted by Gasteiger charge is -2.22. The van der Waals surface area contributed by atoms with Gasteiger partial charge in [0.25, 0.3) is 0 Å². The first-order valence-electron chi connectivity index (χ1n) is 4.25. The van der Waals surface area contributed by atoms with Crippen molar-refractivity contribution in [2.75, 3.05) is 26.7 Å². The molecular formula is C8H15N2O2. The van der Waals surface area contributed by atoms with E-state index in [4.69, 9.17) is 5.11 Å². The van der Waals surface area contributed by atoms with Gasteiger partial charge in [0.1, 0.15) is 0 Å². The van der Waals surface area contributed by atoms with E-state index in [0.717, 1.165) is 19.5 Å². The maximum atomic E-state index is 10.5. The summed E-state index contributed by atoms with van der Waals surface area (Å²) in [4.78, 5) is 12.5. The highest BCUT2D eigenvalue weighted by molar-refractivity contribution is 5.67. The molecule has 0 aromatic heterocycles. The van der Waals surface area contributed by atoms with Crippen LogP contribution < -0.4 is 5.32 Å². The summed E-state index contributed by atoms with van der Waals surface area (Å²) in [5.74, 6) is -0.732. The van der Waals surface area contributed by atoms with E-state index >= 15 is 0 Å². The van der Waals surface area contributed by atoms with E-state index in [0.29, 0.717) is 6.54 Å². The fraction of sp³-hybridized carbons (Fsp3) is 0.875.